The molecule has 0 bridgehead atoms. The molecule has 4 aliphatic rings. The predicted octanol–water partition coefficient (Wildman–Crippen LogP) is 3.67. The maximum Gasteiger partial charge on any atom is 0.313 e. The molecule has 6 heteroatoms. The number of rotatable bonds is 8. The molecule has 160 valence electrons. The van der Waals surface area contributed by atoms with Gasteiger partial charge in [-0.1, -0.05) is 46.1 Å². The van der Waals surface area contributed by atoms with E-state index in [1.165, 1.54) is 0 Å². The second-order valence-corrected chi connectivity index (χ2v) is 9.92. The van der Waals surface area contributed by atoms with Crippen LogP contribution in [0, 0.1) is 22.7 Å². The van der Waals surface area contributed by atoms with Crippen molar-refractivity contribution >= 4 is 17.7 Å². The molecule has 4 fully saturated rings. The quantitative estimate of drug-likeness (QED) is 0.287. The molecule has 0 amide bonds. The zero-order valence-corrected chi connectivity index (χ0v) is 17.7. The molecule has 6 nitrogen and oxygen atoms in total. The molecule has 1 heterocycles. The van der Waals surface area contributed by atoms with Crippen molar-refractivity contribution in [1.29, 1.82) is 0 Å². The minimum atomic E-state index is -1.16. The first kappa shape index (κ1) is 20.6. The molecular formula is C23H32O6. The van der Waals surface area contributed by atoms with Gasteiger partial charge in [-0.2, -0.15) is 0 Å². The first-order valence-electron chi connectivity index (χ1n) is 11.0. The SMILES string of the molecule is C=C1C(=O)C2OC23CC2CC(C)(C(=O)O)C(OC(=O)CCCCCCC)C2C13C. The van der Waals surface area contributed by atoms with Gasteiger partial charge < -0.3 is 14.6 Å². The van der Waals surface area contributed by atoms with Gasteiger partial charge in [-0.25, -0.2) is 0 Å². The summed E-state index contributed by atoms with van der Waals surface area (Å²) in [4.78, 5) is 37.4. The molecule has 7 unspecified atom stereocenters. The van der Waals surface area contributed by atoms with Gasteiger partial charge in [0.15, 0.2) is 11.9 Å². The van der Waals surface area contributed by atoms with Crippen molar-refractivity contribution in [3.8, 4) is 0 Å². The number of esters is 1. The van der Waals surface area contributed by atoms with Crippen LogP contribution in [0.15, 0.2) is 12.2 Å². The molecule has 1 saturated heterocycles. The number of aliphatic carboxylic acids is 1. The van der Waals surface area contributed by atoms with Crippen molar-refractivity contribution in [2.45, 2.75) is 89.9 Å². The number of ketones is 1. The Labute approximate surface area is 172 Å². The second-order valence-electron chi connectivity index (χ2n) is 9.92. The van der Waals surface area contributed by atoms with Gasteiger partial charge >= 0.3 is 11.9 Å². The van der Waals surface area contributed by atoms with E-state index in [2.05, 4.69) is 13.5 Å². The van der Waals surface area contributed by atoms with E-state index >= 15 is 0 Å². The van der Waals surface area contributed by atoms with E-state index in [1.54, 1.807) is 6.92 Å². The minimum Gasteiger partial charge on any atom is -0.481 e. The third-order valence-electron chi connectivity index (χ3n) is 8.35. The maximum atomic E-state index is 12.6. The van der Waals surface area contributed by atoms with E-state index in [1.807, 2.05) is 6.92 Å². The number of fused-ring (bicyclic) bond motifs is 2. The fraction of sp³-hybridized carbons (Fsp3) is 0.783. The second kappa shape index (κ2) is 6.66. The first-order chi connectivity index (χ1) is 13.6. The number of carbonyl (C=O) groups excluding carboxylic acids is 2. The third-order valence-corrected chi connectivity index (χ3v) is 8.35. The summed E-state index contributed by atoms with van der Waals surface area (Å²) in [5.74, 6) is -1.58. The van der Waals surface area contributed by atoms with Gasteiger partial charge in [0.1, 0.15) is 17.1 Å². The molecule has 1 spiro atoms. The van der Waals surface area contributed by atoms with Gasteiger partial charge in [0.25, 0.3) is 0 Å². The number of carboxylic acid groups (broad SMARTS) is 1. The molecular weight excluding hydrogens is 372 g/mol. The molecule has 1 N–H and O–H groups in total. The highest BCUT2D eigenvalue weighted by Crippen LogP contribution is 2.77. The molecule has 7 atom stereocenters. The van der Waals surface area contributed by atoms with E-state index in [9.17, 15) is 19.5 Å². The van der Waals surface area contributed by atoms with Gasteiger partial charge in [-0.05, 0) is 32.1 Å². The van der Waals surface area contributed by atoms with Crippen LogP contribution < -0.4 is 0 Å². The molecule has 3 saturated carbocycles. The van der Waals surface area contributed by atoms with Gasteiger partial charge in [0.05, 0.1) is 0 Å². The van der Waals surface area contributed by atoms with E-state index in [0.717, 1.165) is 32.1 Å². The summed E-state index contributed by atoms with van der Waals surface area (Å²) < 4.78 is 11.8. The molecule has 0 aromatic rings. The Hall–Kier alpha value is -1.69. The van der Waals surface area contributed by atoms with Crippen LogP contribution in [0.4, 0.5) is 0 Å². The largest absolute Gasteiger partial charge is 0.481 e. The highest BCUT2D eigenvalue weighted by Gasteiger charge is 2.86. The van der Waals surface area contributed by atoms with Crippen LogP contribution in [-0.4, -0.2) is 40.6 Å². The normalized spacial score (nSPS) is 44.4. The Morgan fingerprint density at radius 3 is 2.55 bits per heavy atom. The number of epoxide rings is 1. The lowest BCUT2D eigenvalue weighted by atomic mass is 9.67. The van der Waals surface area contributed by atoms with Crippen LogP contribution in [0.25, 0.3) is 0 Å². The lowest BCUT2D eigenvalue weighted by molar-refractivity contribution is -0.170. The number of carboxylic acids is 1. The van der Waals surface area contributed by atoms with E-state index in [4.69, 9.17) is 9.47 Å². The summed E-state index contributed by atoms with van der Waals surface area (Å²) in [6, 6.07) is 0. The molecule has 0 radical (unpaired) electrons. The summed E-state index contributed by atoms with van der Waals surface area (Å²) in [6.45, 7) is 9.83. The van der Waals surface area contributed by atoms with Crippen LogP contribution in [0.5, 0.6) is 0 Å². The first-order valence-corrected chi connectivity index (χ1v) is 11.0. The van der Waals surface area contributed by atoms with Crippen LogP contribution in [0.2, 0.25) is 0 Å². The van der Waals surface area contributed by atoms with Crippen molar-refractivity contribution in [2.75, 3.05) is 0 Å². The average molecular weight is 405 g/mol. The highest BCUT2D eigenvalue weighted by molar-refractivity contribution is 6.07. The van der Waals surface area contributed by atoms with E-state index in [0.29, 0.717) is 24.8 Å². The third kappa shape index (κ3) is 2.60. The molecule has 0 aromatic heterocycles. The van der Waals surface area contributed by atoms with Crippen molar-refractivity contribution in [2.24, 2.45) is 22.7 Å². The van der Waals surface area contributed by atoms with Gasteiger partial charge in [-0.3, -0.25) is 14.4 Å². The zero-order chi connectivity index (χ0) is 21.2. The van der Waals surface area contributed by atoms with Crippen molar-refractivity contribution in [3.63, 3.8) is 0 Å². The maximum absolute atomic E-state index is 12.6. The Morgan fingerprint density at radius 1 is 1.21 bits per heavy atom. The molecule has 0 aromatic carbocycles. The number of carbonyl (C=O) groups is 3. The highest BCUT2D eigenvalue weighted by atomic mass is 16.6. The van der Waals surface area contributed by atoms with Crippen LogP contribution >= 0.6 is 0 Å². The van der Waals surface area contributed by atoms with Crippen LogP contribution in [0.1, 0.15) is 72.1 Å². The lowest BCUT2D eigenvalue weighted by Gasteiger charge is -2.39. The standard InChI is InChI=1S/C23H32O6/c1-5-6-7-8-9-10-15(24)28-18-16-14(11-21(18,3)20(26)27)12-23-19(29-23)17(25)13(2)22(16,23)4/h14,16,18-19H,2,5-12H2,1,3-4H3,(H,26,27). The smallest absolute Gasteiger partial charge is 0.313 e. The fourth-order valence-corrected chi connectivity index (χ4v) is 6.64. The summed E-state index contributed by atoms with van der Waals surface area (Å²) in [7, 11) is 0. The van der Waals surface area contributed by atoms with E-state index < -0.39 is 34.6 Å². The Balaban J connectivity index is 1.55. The molecule has 3 aliphatic carbocycles. The summed E-state index contributed by atoms with van der Waals surface area (Å²) in [5.41, 5.74) is -1.88. The predicted molar refractivity (Wildman–Crippen MR) is 105 cm³/mol. The molecule has 29 heavy (non-hydrogen) atoms. The van der Waals surface area contributed by atoms with Crippen LogP contribution in [0.3, 0.4) is 0 Å². The van der Waals surface area contributed by atoms with Gasteiger partial charge in [0, 0.05) is 23.3 Å². The Bertz CT molecular complexity index is 773. The molecule has 4 rings (SSSR count). The van der Waals surface area contributed by atoms with Crippen molar-refractivity contribution in [1.82, 2.24) is 0 Å². The van der Waals surface area contributed by atoms with Gasteiger partial charge in [0.2, 0.25) is 0 Å². The number of hydrogen-bond donors (Lipinski definition) is 1. The lowest BCUT2D eigenvalue weighted by Crippen LogP contribution is -2.48. The summed E-state index contributed by atoms with van der Waals surface area (Å²) in [6.07, 6.45) is 5.24. The van der Waals surface area contributed by atoms with Crippen LogP contribution in [-0.2, 0) is 23.9 Å². The fourth-order valence-electron chi connectivity index (χ4n) is 6.64. The van der Waals surface area contributed by atoms with E-state index in [-0.39, 0.29) is 23.6 Å². The average Bonchev–Trinajstić information content (AvgIpc) is 3.21. The number of unbranched alkanes of at least 4 members (excludes halogenated alkanes) is 4. The number of Topliss-reactive ketones (excluding diaryl/α,β-unsaturated/α-hetero) is 1. The van der Waals surface area contributed by atoms with Crippen molar-refractivity contribution in [3.05, 3.63) is 12.2 Å². The summed E-state index contributed by atoms with van der Waals surface area (Å²) >= 11 is 0. The zero-order valence-electron chi connectivity index (χ0n) is 17.7. The molecule has 1 aliphatic heterocycles. The minimum absolute atomic E-state index is 0.0401. The van der Waals surface area contributed by atoms with Gasteiger partial charge in [-0.15, -0.1) is 0 Å². The Morgan fingerprint density at radius 2 is 1.90 bits per heavy atom. The number of ether oxygens (including phenoxy) is 2. The summed E-state index contributed by atoms with van der Waals surface area (Å²) in [5, 5.41) is 9.99. The topological polar surface area (TPSA) is 93.2 Å². The van der Waals surface area contributed by atoms with Crippen molar-refractivity contribution < 1.29 is 29.0 Å². The monoisotopic (exact) mass is 404 g/mol. The Kier molecular flexibility index (Phi) is 4.72. The number of hydrogen-bond acceptors (Lipinski definition) is 5.